The summed E-state index contributed by atoms with van der Waals surface area (Å²) in [6.07, 6.45) is 2.61. The molecule has 2 unspecified atom stereocenters. The number of rotatable bonds is 6. The molecule has 1 aliphatic rings. The van der Waals surface area contributed by atoms with E-state index in [1.165, 1.54) is 24.2 Å². The first kappa shape index (κ1) is 16.4. The van der Waals surface area contributed by atoms with Gasteiger partial charge in [-0.05, 0) is 32.4 Å². The van der Waals surface area contributed by atoms with Crippen molar-refractivity contribution in [3.8, 4) is 0 Å². The number of carbonyl (C=O) groups excluding carboxylic acids is 1. The zero-order valence-corrected chi connectivity index (χ0v) is 14.0. The molecule has 0 saturated carbocycles. The molecule has 2 heterocycles. The van der Waals surface area contributed by atoms with Crippen LogP contribution in [0.15, 0.2) is 5.38 Å². The van der Waals surface area contributed by atoms with Crippen molar-refractivity contribution in [2.45, 2.75) is 33.2 Å². The Labute approximate surface area is 131 Å². The average Bonchev–Trinajstić information content (AvgIpc) is 2.86. The quantitative estimate of drug-likeness (QED) is 0.845. The summed E-state index contributed by atoms with van der Waals surface area (Å²) >= 11 is 1.51. The van der Waals surface area contributed by atoms with Gasteiger partial charge in [0.1, 0.15) is 0 Å². The van der Waals surface area contributed by atoms with E-state index in [4.69, 9.17) is 0 Å². The molecule has 1 fully saturated rings. The molecular weight excluding hydrogens is 284 g/mol. The van der Waals surface area contributed by atoms with Crippen LogP contribution in [0.1, 0.15) is 32.4 Å². The summed E-state index contributed by atoms with van der Waals surface area (Å²) in [6.45, 7) is 8.09. The van der Waals surface area contributed by atoms with Gasteiger partial charge in [-0.25, -0.2) is 4.98 Å². The van der Waals surface area contributed by atoms with Crippen LogP contribution in [-0.2, 0) is 11.3 Å². The van der Waals surface area contributed by atoms with Gasteiger partial charge in [-0.1, -0.05) is 13.8 Å². The summed E-state index contributed by atoms with van der Waals surface area (Å²) in [4.78, 5) is 18.9. The van der Waals surface area contributed by atoms with E-state index in [0.717, 1.165) is 31.2 Å². The molecule has 1 saturated heterocycles. The minimum atomic E-state index is -0.0507. The fourth-order valence-corrected chi connectivity index (χ4v) is 3.43. The van der Waals surface area contributed by atoms with Gasteiger partial charge in [-0.15, -0.1) is 11.3 Å². The normalized spacial score (nSPS) is 21.2. The molecule has 1 aromatic rings. The summed E-state index contributed by atoms with van der Waals surface area (Å²) in [7, 11) is 1.85. The average molecular weight is 310 g/mol. The lowest BCUT2D eigenvalue weighted by molar-refractivity contribution is -0.119. The zero-order chi connectivity index (χ0) is 15.2. The highest BCUT2D eigenvalue weighted by atomic mass is 32.1. The summed E-state index contributed by atoms with van der Waals surface area (Å²) in [5.41, 5.74) is 1.06. The van der Waals surface area contributed by atoms with Gasteiger partial charge in [-0.3, -0.25) is 9.69 Å². The Hall–Kier alpha value is -0.980. The van der Waals surface area contributed by atoms with E-state index in [1.54, 1.807) is 0 Å². The maximum absolute atomic E-state index is 11.9. The van der Waals surface area contributed by atoms with Crippen molar-refractivity contribution in [2.75, 3.05) is 32.0 Å². The third kappa shape index (κ3) is 5.05. The fraction of sp³-hybridized carbons (Fsp3) is 0.733. The Morgan fingerprint density at radius 3 is 3.14 bits per heavy atom. The molecule has 0 spiro atoms. The Balaban J connectivity index is 1.85. The van der Waals surface area contributed by atoms with Crippen molar-refractivity contribution in [3.05, 3.63) is 11.1 Å². The highest BCUT2D eigenvalue weighted by Crippen LogP contribution is 2.21. The van der Waals surface area contributed by atoms with Gasteiger partial charge in [0.2, 0.25) is 5.91 Å². The lowest BCUT2D eigenvalue weighted by Gasteiger charge is -2.30. The number of hydrogen-bond donors (Lipinski definition) is 2. The molecule has 0 aromatic carbocycles. The summed E-state index contributed by atoms with van der Waals surface area (Å²) in [6, 6.07) is 0. The SMILES string of the molecule is CNCC(C)C(=O)Nc1nc(CN2CCCC(C)C2)cs1. The van der Waals surface area contributed by atoms with Crippen molar-refractivity contribution in [1.29, 1.82) is 0 Å². The highest BCUT2D eigenvalue weighted by Gasteiger charge is 2.18. The van der Waals surface area contributed by atoms with E-state index in [2.05, 4.69) is 32.8 Å². The topological polar surface area (TPSA) is 57.3 Å². The summed E-state index contributed by atoms with van der Waals surface area (Å²) in [5.74, 6) is 0.751. The van der Waals surface area contributed by atoms with Crippen molar-refractivity contribution in [2.24, 2.45) is 11.8 Å². The molecule has 1 aliphatic heterocycles. The number of anilines is 1. The van der Waals surface area contributed by atoms with Gasteiger partial charge in [-0.2, -0.15) is 0 Å². The molecule has 0 aliphatic carbocycles. The Morgan fingerprint density at radius 2 is 2.43 bits per heavy atom. The van der Waals surface area contributed by atoms with Crippen molar-refractivity contribution >= 4 is 22.4 Å². The van der Waals surface area contributed by atoms with E-state index in [1.807, 2.05) is 14.0 Å². The lowest BCUT2D eigenvalue weighted by atomic mass is 10.0. The monoisotopic (exact) mass is 310 g/mol. The number of carbonyl (C=O) groups is 1. The van der Waals surface area contributed by atoms with E-state index < -0.39 is 0 Å². The number of thiazole rings is 1. The first-order chi connectivity index (χ1) is 10.1. The second kappa shape index (κ2) is 7.87. The van der Waals surface area contributed by atoms with Crippen LogP contribution >= 0.6 is 11.3 Å². The molecule has 21 heavy (non-hydrogen) atoms. The first-order valence-corrected chi connectivity index (χ1v) is 8.58. The molecule has 5 nitrogen and oxygen atoms in total. The molecule has 118 valence electrons. The van der Waals surface area contributed by atoms with Crippen LogP contribution in [0.3, 0.4) is 0 Å². The Bertz CT molecular complexity index is 462. The smallest absolute Gasteiger partial charge is 0.230 e. The second-order valence-electron chi connectivity index (χ2n) is 6.07. The number of nitrogens with one attached hydrogen (secondary N) is 2. The summed E-state index contributed by atoms with van der Waals surface area (Å²) in [5, 5.41) is 8.68. The largest absolute Gasteiger partial charge is 0.319 e. The van der Waals surface area contributed by atoms with E-state index in [9.17, 15) is 4.79 Å². The molecule has 2 N–H and O–H groups in total. The fourth-order valence-electron chi connectivity index (χ4n) is 2.72. The molecule has 2 rings (SSSR count). The molecule has 2 atom stereocenters. The van der Waals surface area contributed by atoms with Crippen LogP contribution in [-0.4, -0.2) is 42.5 Å². The molecule has 6 heteroatoms. The van der Waals surface area contributed by atoms with E-state index in [0.29, 0.717) is 11.7 Å². The van der Waals surface area contributed by atoms with Crippen LogP contribution in [0.25, 0.3) is 0 Å². The minimum Gasteiger partial charge on any atom is -0.319 e. The van der Waals surface area contributed by atoms with Gasteiger partial charge < -0.3 is 10.6 Å². The van der Waals surface area contributed by atoms with Crippen LogP contribution < -0.4 is 10.6 Å². The first-order valence-electron chi connectivity index (χ1n) is 7.70. The predicted octanol–water partition coefficient (Wildman–Crippen LogP) is 2.17. The highest BCUT2D eigenvalue weighted by molar-refractivity contribution is 7.13. The van der Waals surface area contributed by atoms with Crippen LogP contribution in [0.2, 0.25) is 0 Å². The number of piperidine rings is 1. The van der Waals surface area contributed by atoms with Crippen LogP contribution in [0.4, 0.5) is 5.13 Å². The Kier molecular flexibility index (Phi) is 6.14. The molecule has 0 bridgehead atoms. The zero-order valence-electron chi connectivity index (χ0n) is 13.2. The van der Waals surface area contributed by atoms with Crippen molar-refractivity contribution in [1.82, 2.24) is 15.2 Å². The number of likely N-dealkylation sites (tertiary alicyclic amines) is 1. The number of nitrogens with zero attached hydrogens (tertiary/aromatic N) is 2. The number of hydrogen-bond acceptors (Lipinski definition) is 5. The molecule has 0 radical (unpaired) electrons. The maximum atomic E-state index is 11.9. The molecule has 1 aromatic heterocycles. The third-order valence-corrected chi connectivity index (χ3v) is 4.67. The molecular formula is C15H26N4OS. The van der Waals surface area contributed by atoms with Crippen LogP contribution in [0, 0.1) is 11.8 Å². The van der Waals surface area contributed by atoms with Crippen molar-refractivity contribution < 1.29 is 4.79 Å². The van der Waals surface area contributed by atoms with Gasteiger partial charge in [0.05, 0.1) is 5.69 Å². The van der Waals surface area contributed by atoms with Crippen molar-refractivity contribution in [3.63, 3.8) is 0 Å². The third-order valence-electron chi connectivity index (χ3n) is 3.87. The Morgan fingerprint density at radius 1 is 1.62 bits per heavy atom. The standard InChI is InChI=1S/C15H26N4OS/c1-11-5-4-6-19(8-11)9-13-10-21-15(17-13)18-14(20)12(2)7-16-3/h10-12,16H,4-9H2,1-3H3,(H,17,18,20). The molecule has 1 amide bonds. The van der Waals surface area contributed by atoms with E-state index in [-0.39, 0.29) is 11.8 Å². The number of amides is 1. The summed E-state index contributed by atoms with van der Waals surface area (Å²) < 4.78 is 0. The number of aromatic nitrogens is 1. The predicted molar refractivity (Wildman–Crippen MR) is 87.5 cm³/mol. The van der Waals surface area contributed by atoms with E-state index >= 15 is 0 Å². The van der Waals surface area contributed by atoms with Gasteiger partial charge in [0.25, 0.3) is 0 Å². The maximum Gasteiger partial charge on any atom is 0.230 e. The van der Waals surface area contributed by atoms with Gasteiger partial charge in [0.15, 0.2) is 5.13 Å². The lowest BCUT2D eigenvalue weighted by Crippen LogP contribution is -2.33. The second-order valence-corrected chi connectivity index (χ2v) is 6.93. The van der Waals surface area contributed by atoms with Gasteiger partial charge >= 0.3 is 0 Å². The minimum absolute atomic E-state index is 0.0249. The van der Waals surface area contributed by atoms with Gasteiger partial charge in [0, 0.05) is 30.9 Å². The van der Waals surface area contributed by atoms with Crippen LogP contribution in [0.5, 0.6) is 0 Å².